The molecule has 0 aromatic carbocycles. The first-order chi connectivity index (χ1) is 8.02. The predicted molar refractivity (Wildman–Crippen MR) is 63.7 cm³/mol. The predicted octanol–water partition coefficient (Wildman–Crippen LogP) is -0.262. The van der Waals surface area contributed by atoms with Crippen LogP contribution in [0.1, 0.15) is 13.8 Å². The van der Waals surface area contributed by atoms with E-state index >= 15 is 0 Å². The molecule has 0 spiro atoms. The molecule has 0 aromatic rings. The minimum atomic E-state index is -0.543. The van der Waals surface area contributed by atoms with E-state index in [1.807, 2.05) is 13.8 Å². The summed E-state index contributed by atoms with van der Waals surface area (Å²) in [5.74, 6) is 0. The maximum absolute atomic E-state index is 8.46. The summed E-state index contributed by atoms with van der Waals surface area (Å²) in [4.78, 5) is 0. The molecule has 1 unspecified atom stereocenters. The Kier molecular flexibility index (Phi) is 9.62. The molecule has 6 heteroatoms. The Bertz CT molecular complexity index is 172. The summed E-state index contributed by atoms with van der Waals surface area (Å²) in [6, 6.07) is 0. The minimum absolute atomic E-state index is 0.0320. The summed E-state index contributed by atoms with van der Waals surface area (Å²) in [7, 11) is 1.56. The number of aliphatic hydroxyl groups excluding tert-OH is 1. The Labute approximate surface area is 103 Å². The van der Waals surface area contributed by atoms with Gasteiger partial charge in [0.15, 0.2) is 6.29 Å². The lowest BCUT2D eigenvalue weighted by Crippen LogP contribution is -2.48. The molecule has 3 N–H and O–H groups in total. The molecule has 0 bridgehead atoms. The molecule has 0 amide bonds. The fraction of sp³-hybridized carbons (Fsp3) is 1.00. The summed E-state index contributed by atoms with van der Waals surface area (Å²) in [6.45, 7) is 5.87. The Balaban J connectivity index is 3.38. The van der Waals surface area contributed by atoms with Crippen molar-refractivity contribution >= 4 is 0 Å². The van der Waals surface area contributed by atoms with Crippen molar-refractivity contribution in [3.63, 3.8) is 0 Å². The van der Waals surface area contributed by atoms with Gasteiger partial charge in [-0.15, -0.1) is 0 Å². The molecule has 0 aliphatic heterocycles. The highest BCUT2D eigenvalue weighted by atomic mass is 16.7. The zero-order valence-electron chi connectivity index (χ0n) is 11.0. The normalized spacial score (nSPS) is 13.9. The Morgan fingerprint density at radius 1 is 1.06 bits per heavy atom. The zero-order chi connectivity index (χ0) is 13.1. The maximum atomic E-state index is 8.46. The van der Waals surface area contributed by atoms with Gasteiger partial charge in [0.05, 0.1) is 45.2 Å². The van der Waals surface area contributed by atoms with Crippen molar-refractivity contribution in [1.82, 2.24) is 0 Å². The smallest absolute Gasteiger partial charge is 0.174 e. The fourth-order valence-electron chi connectivity index (χ4n) is 1.19. The van der Waals surface area contributed by atoms with Crippen LogP contribution in [0.2, 0.25) is 0 Å². The molecule has 104 valence electrons. The lowest BCUT2D eigenvalue weighted by molar-refractivity contribution is -0.164. The third-order valence-corrected chi connectivity index (χ3v) is 1.93. The second-order valence-electron chi connectivity index (χ2n) is 4.21. The van der Waals surface area contributed by atoms with Crippen molar-refractivity contribution in [2.24, 2.45) is 5.73 Å². The molecule has 6 nitrogen and oxygen atoms in total. The van der Waals surface area contributed by atoms with Gasteiger partial charge in [-0.2, -0.15) is 0 Å². The largest absolute Gasteiger partial charge is 0.394 e. The average Bonchev–Trinajstić information content (AvgIpc) is 2.25. The standard InChI is InChI=1S/C11H25NO5/c1-11(2,12)10(14-3)17-9-8-16-7-6-15-5-4-13/h10,13H,4-9,12H2,1-3H3. The van der Waals surface area contributed by atoms with Crippen LogP contribution in [0.15, 0.2) is 0 Å². The van der Waals surface area contributed by atoms with Crippen LogP contribution < -0.4 is 5.73 Å². The number of nitrogens with two attached hydrogens (primary N) is 1. The van der Waals surface area contributed by atoms with Gasteiger partial charge in [-0.05, 0) is 13.8 Å². The molecule has 0 aliphatic carbocycles. The summed E-state index contributed by atoms with van der Waals surface area (Å²) >= 11 is 0. The molecule has 0 saturated heterocycles. The van der Waals surface area contributed by atoms with E-state index in [2.05, 4.69) is 0 Å². The van der Waals surface area contributed by atoms with Crippen molar-refractivity contribution < 1.29 is 24.1 Å². The van der Waals surface area contributed by atoms with Gasteiger partial charge in [-0.3, -0.25) is 0 Å². The number of hydrogen-bond acceptors (Lipinski definition) is 6. The highest BCUT2D eigenvalue weighted by Gasteiger charge is 2.25. The molecule has 0 radical (unpaired) electrons. The molecule has 1 atom stereocenters. The van der Waals surface area contributed by atoms with E-state index in [0.29, 0.717) is 33.0 Å². The van der Waals surface area contributed by atoms with E-state index in [0.717, 1.165) is 0 Å². The summed E-state index contributed by atoms with van der Waals surface area (Å²) < 4.78 is 20.8. The van der Waals surface area contributed by atoms with E-state index in [1.54, 1.807) is 7.11 Å². The fourth-order valence-corrected chi connectivity index (χ4v) is 1.19. The van der Waals surface area contributed by atoms with Gasteiger partial charge in [0.2, 0.25) is 0 Å². The monoisotopic (exact) mass is 251 g/mol. The van der Waals surface area contributed by atoms with Crippen LogP contribution in [0.4, 0.5) is 0 Å². The van der Waals surface area contributed by atoms with Crippen molar-refractivity contribution in [3.05, 3.63) is 0 Å². The topological polar surface area (TPSA) is 83.2 Å². The van der Waals surface area contributed by atoms with Gasteiger partial charge in [-0.25, -0.2) is 0 Å². The van der Waals surface area contributed by atoms with E-state index in [-0.39, 0.29) is 6.61 Å². The molecule has 0 aliphatic rings. The van der Waals surface area contributed by atoms with Gasteiger partial charge in [0.1, 0.15) is 0 Å². The second-order valence-corrected chi connectivity index (χ2v) is 4.21. The first-order valence-corrected chi connectivity index (χ1v) is 5.72. The highest BCUT2D eigenvalue weighted by molar-refractivity contribution is 4.76. The molecule has 0 fully saturated rings. The lowest BCUT2D eigenvalue weighted by atomic mass is 10.1. The summed E-state index contributed by atoms with van der Waals surface area (Å²) in [6.07, 6.45) is -0.447. The highest BCUT2D eigenvalue weighted by Crippen LogP contribution is 2.09. The number of ether oxygens (including phenoxy) is 4. The molecule has 0 heterocycles. The molecule has 0 aromatic heterocycles. The number of rotatable bonds is 11. The first-order valence-electron chi connectivity index (χ1n) is 5.72. The van der Waals surface area contributed by atoms with E-state index in [1.165, 1.54) is 0 Å². The van der Waals surface area contributed by atoms with Gasteiger partial charge in [0.25, 0.3) is 0 Å². The van der Waals surface area contributed by atoms with Crippen LogP contribution in [0.5, 0.6) is 0 Å². The second kappa shape index (κ2) is 9.76. The van der Waals surface area contributed by atoms with Crippen molar-refractivity contribution in [2.75, 3.05) is 46.8 Å². The third kappa shape index (κ3) is 9.46. The lowest BCUT2D eigenvalue weighted by Gasteiger charge is -2.28. The van der Waals surface area contributed by atoms with E-state index in [4.69, 9.17) is 29.8 Å². The average molecular weight is 251 g/mol. The Morgan fingerprint density at radius 2 is 1.59 bits per heavy atom. The van der Waals surface area contributed by atoms with Crippen molar-refractivity contribution in [2.45, 2.75) is 25.7 Å². The van der Waals surface area contributed by atoms with Gasteiger partial charge in [0, 0.05) is 7.11 Å². The quantitative estimate of drug-likeness (QED) is 0.389. The Morgan fingerprint density at radius 3 is 2.06 bits per heavy atom. The van der Waals surface area contributed by atoms with Crippen LogP contribution in [0.3, 0.4) is 0 Å². The minimum Gasteiger partial charge on any atom is -0.394 e. The summed E-state index contributed by atoms with van der Waals surface area (Å²) in [5, 5.41) is 8.46. The SMILES string of the molecule is COC(OCCOCCOCCO)C(C)(C)N. The molecule has 0 saturated carbocycles. The number of aliphatic hydroxyl groups is 1. The number of methoxy groups -OCH3 is 1. The molecule has 0 rings (SSSR count). The number of hydrogen-bond donors (Lipinski definition) is 2. The van der Waals surface area contributed by atoms with E-state index < -0.39 is 11.8 Å². The maximum Gasteiger partial charge on any atom is 0.174 e. The van der Waals surface area contributed by atoms with Gasteiger partial charge >= 0.3 is 0 Å². The van der Waals surface area contributed by atoms with Crippen LogP contribution in [-0.2, 0) is 18.9 Å². The van der Waals surface area contributed by atoms with Gasteiger partial charge < -0.3 is 29.8 Å². The van der Waals surface area contributed by atoms with Crippen molar-refractivity contribution in [1.29, 1.82) is 0 Å². The first kappa shape index (κ1) is 16.8. The van der Waals surface area contributed by atoms with Crippen LogP contribution in [-0.4, -0.2) is 63.7 Å². The molecular formula is C11H25NO5. The summed E-state index contributed by atoms with van der Waals surface area (Å²) in [5.41, 5.74) is 5.31. The van der Waals surface area contributed by atoms with Gasteiger partial charge in [-0.1, -0.05) is 0 Å². The van der Waals surface area contributed by atoms with E-state index in [9.17, 15) is 0 Å². The molecule has 17 heavy (non-hydrogen) atoms. The Hall–Kier alpha value is -0.240. The van der Waals surface area contributed by atoms with Crippen LogP contribution >= 0.6 is 0 Å². The molecular weight excluding hydrogens is 226 g/mol. The van der Waals surface area contributed by atoms with Crippen LogP contribution in [0, 0.1) is 0 Å². The zero-order valence-corrected chi connectivity index (χ0v) is 11.0. The van der Waals surface area contributed by atoms with Crippen molar-refractivity contribution in [3.8, 4) is 0 Å². The van der Waals surface area contributed by atoms with Crippen LogP contribution in [0.25, 0.3) is 0 Å². The third-order valence-electron chi connectivity index (χ3n) is 1.93.